The van der Waals surface area contributed by atoms with E-state index in [9.17, 15) is 9.59 Å². The van der Waals surface area contributed by atoms with Crippen molar-refractivity contribution in [2.75, 3.05) is 19.0 Å². The molecule has 1 aliphatic rings. The molecule has 3 aromatic carbocycles. The molecule has 1 aliphatic carbocycles. The number of carbonyl (C=O) groups is 2. The summed E-state index contributed by atoms with van der Waals surface area (Å²) in [4.78, 5) is 31.9. The molecule has 1 amide bonds. The summed E-state index contributed by atoms with van der Waals surface area (Å²) in [6.45, 7) is 0.475. The van der Waals surface area contributed by atoms with Crippen LogP contribution < -0.4 is 10.2 Å². The fourth-order valence-corrected chi connectivity index (χ4v) is 4.60. The van der Waals surface area contributed by atoms with Crippen LogP contribution in [-0.2, 0) is 17.8 Å². The second-order valence-electron chi connectivity index (χ2n) is 9.52. The number of aromatic nitrogens is 1. The molecular formula is C30H29N3O2. The molecule has 1 N–H and O–H groups in total. The van der Waals surface area contributed by atoms with Gasteiger partial charge in [0, 0.05) is 62.0 Å². The number of ketones is 1. The number of nitrogens with one attached hydrogen (secondary N) is 1. The van der Waals surface area contributed by atoms with Crippen molar-refractivity contribution in [2.45, 2.75) is 25.3 Å². The highest BCUT2D eigenvalue weighted by atomic mass is 16.1. The molecule has 4 aromatic rings. The minimum atomic E-state index is -0.0993. The van der Waals surface area contributed by atoms with Gasteiger partial charge in [0.25, 0.3) is 5.91 Å². The van der Waals surface area contributed by atoms with Gasteiger partial charge in [-0.05, 0) is 64.7 Å². The van der Waals surface area contributed by atoms with Crippen molar-refractivity contribution < 1.29 is 9.59 Å². The molecule has 1 fully saturated rings. The molecule has 35 heavy (non-hydrogen) atoms. The summed E-state index contributed by atoms with van der Waals surface area (Å²) >= 11 is 0. The van der Waals surface area contributed by atoms with Crippen LogP contribution in [0.15, 0.2) is 85.2 Å². The Morgan fingerprint density at radius 1 is 0.943 bits per heavy atom. The first-order valence-electron chi connectivity index (χ1n) is 12.0. The third kappa shape index (κ3) is 5.24. The minimum absolute atomic E-state index is 0.0247. The zero-order chi connectivity index (χ0) is 24.4. The Bertz CT molecular complexity index is 1380. The third-order valence-corrected chi connectivity index (χ3v) is 6.77. The largest absolute Gasteiger partial charge is 0.378 e. The Morgan fingerprint density at radius 2 is 1.74 bits per heavy atom. The number of Topliss-reactive ketones (excluding diaryl/α,β-unsaturated/α-hetero) is 1. The maximum atomic E-state index is 12.9. The lowest BCUT2D eigenvalue weighted by Gasteiger charge is -2.13. The average molecular weight is 464 g/mol. The van der Waals surface area contributed by atoms with E-state index in [2.05, 4.69) is 16.4 Å². The molecule has 0 spiro atoms. The lowest BCUT2D eigenvalue weighted by Crippen LogP contribution is -2.23. The van der Waals surface area contributed by atoms with Crippen molar-refractivity contribution >= 4 is 28.2 Å². The van der Waals surface area contributed by atoms with Crippen LogP contribution >= 0.6 is 0 Å². The summed E-state index contributed by atoms with van der Waals surface area (Å²) < 4.78 is 0. The molecule has 0 saturated heterocycles. The van der Waals surface area contributed by atoms with E-state index in [4.69, 9.17) is 0 Å². The van der Waals surface area contributed by atoms with Crippen molar-refractivity contribution in [1.82, 2.24) is 10.3 Å². The molecule has 0 aliphatic heterocycles. The number of anilines is 1. The van der Waals surface area contributed by atoms with E-state index >= 15 is 0 Å². The quantitative estimate of drug-likeness (QED) is 0.393. The van der Waals surface area contributed by atoms with E-state index in [0.717, 1.165) is 39.6 Å². The summed E-state index contributed by atoms with van der Waals surface area (Å²) in [5, 5.41) is 5.19. The monoisotopic (exact) mass is 463 g/mol. The van der Waals surface area contributed by atoms with E-state index in [1.807, 2.05) is 91.9 Å². The fourth-order valence-electron chi connectivity index (χ4n) is 4.60. The number of fused-ring (bicyclic) bond motifs is 1. The van der Waals surface area contributed by atoms with Gasteiger partial charge in [-0.3, -0.25) is 14.6 Å². The van der Waals surface area contributed by atoms with Crippen LogP contribution in [0.4, 0.5) is 5.69 Å². The molecule has 1 saturated carbocycles. The molecule has 1 aromatic heterocycles. The van der Waals surface area contributed by atoms with Crippen molar-refractivity contribution in [3.05, 3.63) is 107 Å². The molecule has 176 valence electrons. The van der Waals surface area contributed by atoms with Gasteiger partial charge in [0.1, 0.15) is 5.78 Å². The fraction of sp³-hybridized carbons (Fsp3) is 0.233. The number of hydrogen-bond acceptors (Lipinski definition) is 4. The summed E-state index contributed by atoms with van der Waals surface area (Å²) in [5.41, 5.74) is 4.91. The second kappa shape index (κ2) is 9.71. The second-order valence-corrected chi connectivity index (χ2v) is 9.52. The van der Waals surface area contributed by atoms with E-state index in [1.54, 1.807) is 6.20 Å². The first kappa shape index (κ1) is 22.8. The Kier molecular flexibility index (Phi) is 6.32. The Balaban J connectivity index is 1.18. The molecule has 0 radical (unpaired) electrons. The van der Waals surface area contributed by atoms with E-state index in [-0.39, 0.29) is 23.5 Å². The van der Waals surface area contributed by atoms with Crippen LogP contribution in [0.2, 0.25) is 0 Å². The molecule has 5 rings (SSSR count). The van der Waals surface area contributed by atoms with Gasteiger partial charge in [0.05, 0.1) is 0 Å². The topological polar surface area (TPSA) is 62.3 Å². The van der Waals surface area contributed by atoms with Gasteiger partial charge in [-0.15, -0.1) is 0 Å². The molecule has 1 heterocycles. The zero-order valence-corrected chi connectivity index (χ0v) is 20.1. The highest BCUT2D eigenvalue weighted by Gasteiger charge is 2.43. The number of carbonyl (C=O) groups excluding carboxylic acids is 2. The lowest BCUT2D eigenvalue weighted by molar-refractivity contribution is -0.119. The zero-order valence-electron chi connectivity index (χ0n) is 20.1. The van der Waals surface area contributed by atoms with Gasteiger partial charge in [-0.2, -0.15) is 0 Å². The standard InChI is InChI=1S/C30H29N3O2/c1-33(2)26-10-7-20(8-11-26)18-32-30(35)24-5-3-4-23(16-24)27-17-28(27)29(34)15-21-6-9-25-19-31-13-12-22(25)14-21/h3-14,16,19,27-28H,15,17-18H2,1-2H3,(H,32,35)/t27-,28+/m0/s1. The van der Waals surface area contributed by atoms with Crippen molar-refractivity contribution in [2.24, 2.45) is 5.92 Å². The third-order valence-electron chi connectivity index (χ3n) is 6.77. The Labute approximate surface area is 205 Å². The first-order chi connectivity index (χ1) is 17.0. The van der Waals surface area contributed by atoms with Crippen molar-refractivity contribution in [1.29, 1.82) is 0 Å². The van der Waals surface area contributed by atoms with Crippen LogP contribution in [0.1, 0.15) is 39.4 Å². The highest BCUT2D eigenvalue weighted by Crippen LogP contribution is 2.48. The van der Waals surface area contributed by atoms with Gasteiger partial charge in [-0.1, -0.05) is 42.5 Å². The van der Waals surface area contributed by atoms with E-state index < -0.39 is 0 Å². The van der Waals surface area contributed by atoms with Gasteiger partial charge < -0.3 is 10.2 Å². The van der Waals surface area contributed by atoms with Crippen LogP contribution in [-0.4, -0.2) is 30.8 Å². The lowest BCUT2D eigenvalue weighted by atomic mass is 10.00. The molecule has 0 unspecified atom stereocenters. The average Bonchev–Trinajstić information content (AvgIpc) is 3.69. The Morgan fingerprint density at radius 3 is 2.54 bits per heavy atom. The SMILES string of the molecule is CN(C)c1ccc(CNC(=O)c2cccc([C@@H]3C[C@H]3C(=O)Cc3ccc4cnccc4c3)c2)cc1. The van der Waals surface area contributed by atoms with Gasteiger partial charge in [0.15, 0.2) is 0 Å². The molecule has 5 nitrogen and oxygen atoms in total. The Hall–Kier alpha value is -3.99. The minimum Gasteiger partial charge on any atom is -0.378 e. The maximum Gasteiger partial charge on any atom is 0.251 e. The molecule has 0 bridgehead atoms. The molecule has 2 atom stereocenters. The predicted molar refractivity (Wildman–Crippen MR) is 140 cm³/mol. The van der Waals surface area contributed by atoms with Gasteiger partial charge in [-0.25, -0.2) is 0 Å². The number of nitrogens with zero attached hydrogens (tertiary/aromatic N) is 2. The number of benzene rings is 3. The summed E-state index contributed by atoms with van der Waals surface area (Å²) in [5.74, 6) is 0.382. The maximum absolute atomic E-state index is 12.9. The first-order valence-corrected chi connectivity index (χ1v) is 12.0. The number of pyridine rings is 1. The van der Waals surface area contributed by atoms with Gasteiger partial charge in [0.2, 0.25) is 0 Å². The van der Waals surface area contributed by atoms with E-state index in [1.165, 1.54) is 0 Å². The van der Waals surface area contributed by atoms with Crippen LogP contribution in [0, 0.1) is 5.92 Å². The highest BCUT2D eigenvalue weighted by molar-refractivity contribution is 5.94. The smallest absolute Gasteiger partial charge is 0.251 e. The summed E-state index contributed by atoms with van der Waals surface area (Å²) in [6, 6.07) is 23.9. The predicted octanol–water partition coefficient (Wildman–Crippen LogP) is 5.15. The van der Waals surface area contributed by atoms with Crippen molar-refractivity contribution in [3.8, 4) is 0 Å². The normalized spacial score (nSPS) is 16.6. The van der Waals surface area contributed by atoms with Gasteiger partial charge >= 0.3 is 0 Å². The number of amides is 1. The molecule has 5 heteroatoms. The van der Waals surface area contributed by atoms with Crippen molar-refractivity contribution in [3.63, 3.8) is 0 Å². The summed E-state index contributed by atoms with van der Waals surface area (Å²) in [6.07, 6.45) is 4.89. The van der Waals surface area contributed by atoms with Crippen LogP contribution in [0.25, 0.3) is 10.8 Å². The van der Waals surface area contributed by atoms with Crippen LogP contribution in [0.3, 0.4) is 0 Å². The van der Waals surface area contributed by atoms with Crippen LogP contribution in [0.5, 0.6) is 0 Å². The van der Waals surface area contributed by atoms with E-state index in [0.29, 0.717) is 18.5 Å². The number of hydrogen-bond donors (Lipinski definition) is 1. The molecular weight excluding hydrogens is 434 g/mol. The number of rotatable bonds is 8. The summed E-state index contributed by atoms with van der Waals surface area (Å²) in [7, 11) is 4.01.